The topological polar surface area (TPSA) is 29.5 Å². The van der Waals surface area contributed by atoms with Crippen molar-refractivity contribution < 1.29 is 9.53 Å². The zero-order chi connectivity index (χ0) is 17.3. The number of methoxy groups -OCH3 is 1. The van der Waals surface area contributed by atoms with Crippen LogP contribution in [0, 0.1) is 13.8 Å². The number of rotatable bonds is 3. The first kappa shape index (κ1) is 16.7. The minimum atomic E-state index is -0.0946. The maximum Gasteiger partial charge on any atom is 0.270 e. The lowest BCUT2D eigenvalue weighted by Gasteiger charge is -2.17. The molecule has 24 heavy (non-hydrogen) atoms. The lowest BCUT2D eigenvalue weighted by atomic mass is 10.1. The Hall–Kier alpha value is -2.11. The third kappa shape index (κ3) is 3.09. The molecule has 1 amide bonds. The second-order valence-electron chi connectivity index (χ2n) is 5.55. The van der Waals surface area contributed by atoms with E-state index in [0.29, 0.717) is 9.23 Å². The van der Waals surface area contributed by atoms with E-state index in [1.165, 1.54) is 11.8 Å². The van der Waals surface area contributed by atoms with Crippen LogP contribution in [0.5, 0.6) is 5.75 Å². The normalized spacial score (nSPS) is 16.1. The summed E-state index contributed by atoms with van der Waals surface area (Å²) in [6, 6.07) is 13.6. The summed E-state index contributed by atoms with van der Waals surface area (Å²) in [6.45, 7) is 4.02. The largest absolute Gasteiger partial charge is 0.496 e. The standard InChI is InChI=1S/C19H17NO2S2/c1-12-8-9-15(13(2)10-12)20-18(21)17(24-19(20)23)11-14-6-4-5-7-16(14)22-3/h4-11H,1-3H3. The first-order valence-corrected chi connectivity index (χ1v) is 8.72. The number of amides is 1. The van der Waals surface area contributed by atoms with Gasteiger partial charge in [-0.2, -0.15) is 0 Å². The van der Waals surface area contributed by atoms with E-state index in [0.717, 1.165) is 28.1 Å². The van der Waals surface area contributed by atoms with Gasteiger partial charge in [-0.25, -0.2) is 0 Å². The van der Waals surface area contributed by atoms with Crippen LogP contribution in [0.1, 0.15) is 16.7 Å². The smallest absolute Gasteiger partial charge is 0.270 e. The molecule has 0 spiro atoms. The van der Waals surface area contributed by atoms with Crippen molar-refractivity contribution >= 4 is 46.0 Å². The first-order valence-electron chi connectivity index (χ1n) is 7.49. The summed E-state index contributed by atoms with van der Waals surface area (Å²) in [5.41, 5.74) is 3.89. The van der Waals surface area contributed by atoms with Gasteiger partial charge < -0.3 is 4.74 Å². The van der Waals surface area contributed by atoms with E-state index in [9.17, 15) is 4.79 Å². The molecule has 0 unspecified atom stereocenters. The lowest BCUT2D eigenvalue weighted by Crippen LogP contribution is -2.28. The number of thiocarbonyl (C=S) groups is 1. The molecule has 0 saturated carbocycles. The van der Waals surface area contributed by atoms with Gasteiger partial charge in [0.2, 0.25) is 0 Å². The number of aryl methyl sites for hydroxylation is 2. The van der Waals surface area contributed by atoms with Gasteiger partial charge in [-0.1, -0.05) is 59.9 Å². The van der Waals surface area contributed by atoms with E-state index in [2.05, 4.69) is 6.07 Å². The molecule has 0 aliphatic carbocycles. The van der Waals surface area contributed by atoms with Crippen LogP contribution in [0.4, 0.5) is 5.69 Å². The maximum atomic E-state index is 12.9. The highest BCUT2D eigenvalue weighted by Gasteiger charge is 2.34. The van der Waals surface area contributed by atoms with Crippen molar-refractivity contribution in [2.24, 2.45) is 0 Å². The Bertz CT molecular complexity index is 858. The predicted octanol–water partition coefficient (Wildman–Crippen LogP) is 4.72. The van der Waals surface area contributed by atoms with E-state index >= 15 is 0 Å². The molecule has 1 heterocycles. The second kappa shape index (κ2) is 6.79. The van der Waals surface area contributed by atoms with E-state index in [-0.39, 0.29) is 5.91 Å². The number of hydrogen-bond donors (Lipinski definition) is 0. The van der Waals surface area contributed by atoms with Gasteiger partial charge in [-0.05, 0) is 37.6 Å². The van der Waals surface area contributed by atoms with Gasteiger partial charge in [0.25, 0.3) is 5.91 Å². The van der Waals surface area contributed by atoms with E-state index in [1.54, 1.807) is 12.0 Å². The minimum Gasteiger partial charge on any atom is -0.496 e. The van der Waals surface area contributed by atoms with Gasteiger partial charge in [-0.3, -0.25) is 9.69 Å². The number of ether oxygens (including phenoxy) is 1. The van der Waals surface area contributed by atoms with Crippen molar-refractivity contribution in [3.8, 4) is 5.75 Å². The van der Waals surface area contributed by atoms with Gasteiger partial charge >= 0.3 is 0 Å². The molecular formula is C19H17NO2S2. The molecule has 1 saturated heterocycles. The molecule has 0 atom stereocenters. The van der Waals surface area contributed by atoms with Crippen LogP contribution < -0.4 is 9.64 Å². The predicted molar refractivity (Wildman–Crippen MR) is 105 cm³/mol. The Balaban J connectivity index is 1.99. The summed E-state index contributed by atoms with van der Waals surface area (Å²) in [4.78, 5) is 15.1. The lowest BCUT2D eigenvalue weighted by molar-refractivity contribution is -0.113. The third-order valence-corrected chi connectivity index (χ3v) is 5.11. The van der Waals surface area contributed by atoms with E-state index in [4.69, 9.17) is 17.0 Å². The second-order valence-corrected chi connectivity index (χ2v) is 7.22. The van der Waals surface area contributed by atoms with Crippen molar-refractivity contribution in [2.45, 2.75) is 13.8 Å². The molecule has 2 aromatic carbocycles. The number of carbonyl (C=O) groups excluding carboxylic acids is 1. The molecule has 122 valence electrons. The highest BCUT2D eigenvalue weighted by molar-refractivity contribution is 8.27. The zero-order valence-electron chi connectivity index (χ0n) is 13.7. The Kier molecular flexibility index (Phi) is 4.73. The van der Waals surface area contributed by atoms with Crippen molar-refractivity contribution in [3.05, 3.63) is 64.1 Å². The average molecular weight is 355 g/mol. The number of nitrogens with zero attached hydrogens (tertiary/aromatic N) is 1. The molecule has 0 N–H and O–H groups in total. The van der Waals surface area contributed by atoms with Crippen LogP contribution >= 0.6 is 24.0 Å². The van der Waals surface area contributed by atoms with Crippen LogP contribution in [0.15, 0.2) is 47.4 Å². The number of para-hydroxylation sites is 1. The number of anilines is 1. The van der Waals surface area contributed by atoms with Crippen LogP contribution in [-0.4, -0.2) is 17.3 Å². The summed E-state index contributed by atoms with van der Waals surface area (Å²) in [7, 11) is 1.62. The molecule has 0 bridgehead atoms. The summed E-state index contributed by atoms with van der Waals surface area (Å²) in [5.74, 6) is 0.636. The molecule has 3 nitrogen and oxygen atoms in total. The SMILES string of the molecule is COc1ccccc1C=C1SC(=S)N(c2ccc(C)cc2C)C1=O. The number of benzene rings is 2. The van der Waals surface area contributed by atoms with Crippen LogP contribution in [0.3, 0.4) is 0 Å². The van der Waals surface area contributed by atoms with Gasteiger partial charge in [0.05, 0.1) is 17.7 Å². The van der Waals surface area contributed by atoms with Crippen LogP contribution in [-0.2, 0) is 4.79 Å². The van der Waals surface area contributed by atoms with Gasteiger partial charge in [-0.15, -0.1) is 0 Å². The zero-order valence-corrected chi connectivity index (χ0v) is 15.3. The number of carbonyl (C=O) groups is 1. The van der Waals surface area contributed by atoms with Crippen LogP contribution in [0.2, 0.25) is 0 Å². The molecular weight excluding hydrogens is 338 g/mol. The van der Waals surface area contributed by atoms with E-state index < -0.39 is 0 Å². The van der Waals surface area contributed by atoms with Gasteiger partial charge in [0.15, 0.2) is 4.32 Å². The first-order chi connectivity index (χ1) is 11.5. The molecule has 1 aliphatic rings. The minimum absolute atomic E-state index is 0.0946. The molecule has 0 radical (unpaired) electrons. The highest BCUT2D eigenvalue weighted by Crippen LogP contribution is 2.38. The number of thioether (sulfide) groups is 1. The van der Waals surface area contributed by atoms with E-state index in [1.807, 2.05) is 56.3 Å². The summed E-state index contributed by atoms with van der Waals surface area (Å²) < 4.78 is 5.90. The molecule has 3 rings (SSSR count). The number of hydrogen-bond acceptors (Lipinski definition) is 4. The fourth-order valence-corrected chi connectivity index (χ4v) is 3.93. The van der Waals surface area contributed by atoms with Crippen molar-refractivity contribution in [1.29, 1.82) is 0 Å². The fourth-order valence-electron chi connectivity index (χ4n) is 2.66. The Labute approximate surface area is 151 Å². The summed E-state index contributed by atoms with van der Waals surface area (Å²) >= 11 is 6.76. The quantitative estimate of drug-likeness (QED) is 0.589. The Morgan fingerprint density at radius 1 is 1.17 bits per heavy atom. The summed E-state index contributed by atoms with van der Waals surface area (Å²) in [5, 5.41) is 0. The molecule has 1 fully saturated rings. The molecule has 5 heteroatoms. The average Bonchev–Trinajstić information content (AvgIpc) is 2.83. The third-order valence-electron chi connectivity index (χ3n) is 3.81. The Morgan fingerprint density at radius 3 is 2.62 bits per heavy atom. The molecule has 0 aromatic heterocycles. The van der Waals surface area contributed by atoms with Gasteiger partial charge in [0.1, 0.15) is 5.75 Å². The molecule has 2 aromatic rings. The fraction of sp³-hybridized carbons (Fsp3) is 0.158. The monoisotopic (exact) mass is 355 g/mol. The molecule has 1 aliphatic heterocycles. The van der Waals surface area contributed by atoms with Crippen LogP contribution in [0.25, 0.3) is 6.08 Å². The van der Waals surface area contributed by atoms with Crippen molar-refractivity contribution in [2.75, 3.05) is 12.0 Å². The maximum absolute atomic E-state index is 12.9. The van der Waals surface area contributed by atoms with Crippen molar-refractivity contribution in [3.63, 3.8) is 0 Å². The Morgan fingerprint density at radius 2 is 1.92 bits per heavy atom. The highest BCUT2D eigenvalue weighted by atomic mass is 32.2. The summed E-state index contributed by atoms with van der Waals surface area (Å²) in [6.07, 6.45) is 1.83. The van der Waals surface area contributed by atoms with Gasteiger partial charge in [0, 0.05) is 5.56 Å². The van der Waals surface area contributed by atoms with Crippen molar-refractivity contribution in [1.82, 2.24) is 0 Å².